The van der Waals surface area contributed by atoms with Crippen molar-refractivity contribution in [2.24, 2.45) is 5.41 Å². The average molecular weight is 365 g/mol. The van der Waals surface area contributed by atoms with Crippen molar-refractivity contribution < 1.29 is 28.9 Å². The fourth-order valence-corrected chi connectivity index (χ4v) is 3.25. The van der Waals surface area contributed by atoms with Crippen LogP contribution in [-0.4, -0.2) is 55.6 Å². The van der Waals surface area contributed by atoms with Crippen LogP contribution in [0.15, 0.2) is 24.3 Å². The molecular weight excluding hydrogens is 338 g/mol. The molecule has 2 unspecified atom stereocenters. The van der Waals surface area contributed by atoms with Gasteiger partial charge in [-0.2, -0.15) is 0 Å². The van der Waals surface area contributed by atoms with E-state index in [1.165, 1.54) is 0 Å². The summed E-state index contributed by atoms with van der Waals surface area (Å²) in [6.07, 6.45) is 0.0353. The van der Waals surface area contributed by atoms with Crippen molar-refractivity contribution in [3.8, 4) is 5.75 Å². The lowest BCUT2D eigenvalue weighted by atomic mass is 9.54. The second-order valence-electron chi connectivity index (χ2n) is 6.90. The quantitative estimate of drug-likeness (QED) is 0.651. The van der Waals surface area contributed by atoms with Crippen molar-refractivity contribution >= 4 is 11.9 Å². The van der Waals surface area contributed by atoms with Crippen LogP contribution in [0.5, 0.6) is 5.75 Å². The summed E-state index contributed by atoms with van der Waals surface area (Å²) in [4.78, 5) is 24.5. The fraction of sp³-hybridized carbons (Fsp3) is 0.579. The number of aliphatic carboxylic acids is 1. The van der Waals surface area contributed by atoms with E-state index in [-0.39, 0.29) is 12.5 Å². The third kappa shape index (κ3) is 3.68. The molecule has 2 atom stereocenters. The molecule has 2 N–H and O–H groups in total. The minimum atomic E-state index is -1.35. The molecule has 1 saturated carbocycles. The van der Waals surface area contributed by atoms with Crippen LogP contribution in [0.4, 0.5) is 0 Å². The highest BCUT2D eigenvalue weighted by Gasteiger charge is 2.66. The number of rotatable bonds is 9. The van der Waals surface area contributed by atoms with E-state index in [0.717, 1.165) is 0 Å². The second kappa shape index (κ2) is 8.05. The Morgan fingerprint density at radius 2 is 1.88 bits per heavy atom. The summed E-state index contributed by atoms with van der Waals surface area (Å²) >= 11 is 0. The number of carboxylic acid groups (broad SMARTS) is 1. The highest BCUT2D eigenvalue weighted by molar-refractivity contribution is 5.98. The molecule has 1 aromatic carbocycles. The van der Waals surface area contributed by atoms with Crippen molar-refractivity contribution in [1.29, 1.82) is 0 Å². The average Bonchev–Trinajstić information content (AvgIpc) is 2.61. The van der Waals surface area contributed by atoms with Crippen LogP contribution in [0.2, 0.25) is 0 Å². The zero-order chi connectivity index (χ0) is 19.4. The van der Waals surface area contributed by atoms with Crippen LogP contribution in [0.1, 0.15) is 37.6 Å². The summed E-state index contributed by atoms with van der Waals surface area (Å²) in [6, 6.07) is 6.57. The number of hydrogen-bond donors (Lipinski definition) is 2. The number of carbonyl (C=O) groups excluding carboxylic acids is 1. The van der Waals surface area contributed by atoms with E-state index in [1.54, 1.807) is 45.2 Å². The molecule has 1 aromatic rings. The Labute approximate surface area is 153 Å². The third-order valence-corrected chi connectivity index (χ3v) is 5.13. The third-order valence-electron chi connectivity index (χ3n) is 5.13. The first-order valence-corrected chi connectivity index (χ1v) is 8.67. The maximum Gasteiger partial charge on any atom is 0.330 e. The van der Waals surface area contributed by atoms with Gasteiger partial charge in [-0.05, 0) is 31.2 Å². The van der Waals surface area contributed by atoms with Gasteiger partial charge in [-0.25, -0.2) is 4.79 Å². The predicted molar refractivity (Wildman–Crippen MR) is 95.5 cm³/mol. The molecule has 1 aliphatic rings. The lowest BCUT2D eigenvalue weighted by molar-refractivity contribution is -0.190. The first kappa shape index (κ1) is 20.2. The monoisotopic (exact) mass is 365 g/mol. The zero-order valence-corrected chi connectivity index (χ0v) is 15.7. The van der Waals surface area contributed by atoms with Gasteiger partial charge in [-0.1, -0.05) is 13.8 Å². The van der Waals surface area contributed by atoms with E-state index < -0.39 is 22.8 Å². The maximum atomic E-state index is 12.6. The van der Waals surface area contributed by atoms with Gasteiger partial charge in [0.25, 0.3) is 5.91 Å². The lowest BCUT2D eigenvalue weighted by Crippen LogP contribution is -2.76. The number of methoxy groups -OCH3 is 1. The highest BCUT2D eigenvalue weighted by Crippen LogP contribution is 2.51. The van der Waals surface area contributed by atoms with Gasteiger partial charge in [-0.3, -0.25) is 4.79 Å². The normalized spacial score (nSPS) is 23.8. The Bertz CT molecular complexity index is 642. The number of amides is 1. The maximum absolute atomic E-state index is 12.6. The van der Waals surface area contributed by atoms with Gasteiger partial charge in [0.2, 0.25) is 0 Å². The van der Waals surface area contributed by atoms with E-state index in [1.807, 2.05) is 6.92 Å². The summed E-state index contributed by atoms with van der Waals surface area (Å²) in [7, 11) is 1.59. The van der Waals surface area contributed by atoms with Crippen LogP contribution in [-0.2, 0) is 14.3 Å². The van der Waals surface area contributed by atoms with Crippen LogP contribution >= 0.6 is 0 Å². The van der Waals surface area contributed by atoms with E-state index in [2.05, 4.69) is 5.32 Å². The molecule has 0 saturated heterocycles. The number of carbonyl (C=O) groups is 2. The molecule has 0 bridgehead atoms. The Kier molecular flexibility index (Phi) is 6.26. The second-order valence-corrected chi connectivity index (χ2v) is 6.90. The largest absolute Gasteiger partial charge is 0.491 e. The van der Waals surface area contributed by atoms with E-state index >= 15 is 0 Å². The van der Waals surface area contributed by atoms with E-state index in [9.17, 15) is 14.7 Å². The zero-order valence-electron chi connectivity index (χ0n) is 15.7. The van der Waals surface area contributed by atoms with Gasteiger partial charge in [0.1, 0.15) is 17.9 Å². The molecule has 2 rings (SSSR count). The summed E-state index contributed by atoms with van der Waals surface area (Å²) in [5.74, 6) is -0.864. The molecular formula is C19H27NO6. The van der Waals surface area contributed by atoms with Gasteiger partial charge in [0.05, 0.1) is 12.7 Å². The standard InChI is InChI=1S/C19H27NO6/c1-5-25-15-12-19(17(22)23,18(15,2)3)20-16(21)13-6-8-14(9-7-13)26-11-10-24-4/h6-9,15H,5,10-12H2,1-4H3,(H,20,21)(H,22,23). The SMILES string of the molecule is CCOC1CC(NC(=O)c2ccc(OCCOC)cc2)(C(=O)O)C1(C)C. The first-order valence-electron chi connectivity index (χ1n) is 8.67. The number of ether oxygens (including phenoxy) is 3. The molecule has 7 nitrogen and oxygen atoms in total. The molecule has 0 radical (unpaired) electrons. The van der Waals surface area contributed by atoms with Crippen molar-refractivity contribution in [2.75, 3.05) is 26.9 Å². The van der Waals surface area contributed by atoms with Gasteiger partial charge in [-0.15, -0.1) is 0 Å². The van der Waals surface area contributed by atoms with E-state index in [0.29, 0.717) is 31.1 Å². The summed E-state index contributed by atoms with van der Waals surface area (Å²) < 4.78 is 16.0. The molecule has 1 amide bonds. The Morgan fingerprint density at radius 3 is 2.38 bits per heavy atom. The van der Waals surface area contributed by atoms with Gasteiger partial charge in [0, 0.05) is 31.1 Å². The van der Waals surface area contributed by atoms with Gasteiger partial charge in [0.15, 0.2) is 0 Å². The van der Waals surface area contributed by atoms with Crippen LogP contribution in [0.3, 0.4) is 0 Å². The highest BCUT2D eigenvalue weighted by atomic mass is 16.5. The number of carboxylic acids is 1. The lowest BCUT2D eigenvalue weighted by Gasteiger charge is -2.58. The van der Waals surface area contributed by atoms with Crippen molar-refractivity contribution in [3.05, 3.63) is 29.8 Å². The van der Waals surface area contributed by atoms with Crippen LogP contribution in [0.25, 0.3) is 0 Å². The molecule has 0 spiro atoms. The fourth-order valence-electron chi connectivity index (χ4n) is 3.25. The summed E-state index contributed by atoms with van der Waals surface area (Å²) in [5.41, 5.74) is -1.69. The first-order chi connectivity index (χ1) is 12.3. The topological polar surface area (TPSA) is 94.1 Å². The number of benzene rings is 1. The summed E-state index contributed by atoms with van der Waals surface area (Å²) in [5, 5.41) is 12.5. The predicted octanol–water partition coefficient (Wildman–Crippen LogP) is 2.10. The number of hydrogen-bond acceptors (Lipinski definition) is 5. The Morgan fingerprint density at radius 1 is 1.23 bits per heavy atom. The van der Waals surface area contributed by atoms with E-state index in [4.69, 9.17) is 14.2 Å². The molecule has 0 aromatic heterocycles. The van der Waals surface area contributed by atoms with Crippen LogP contribution < -0.4 is 10.1 Å². The summed E-state index contributed by atoms with van der Waals surface area (Å²) in [6.45, 7) is 6.86. The molecule has 26 heavy (non-hydrogen) atoms. The Hall–Kier alpha value is -2.12. The van der Waals surface area contributed by atoms with Crippen LogP contribution in [0, 0.1) is 5.41 Å². The van der Waals surface area contributed by atoms with Crippen molar-refractivity contribution in [1.82, 2.24) is 5.32 Å². The minimum absolute atomic E-state index is 0.208. The number of nitrogens with one attached hydrogen (secondary N) is 1. The molecule has 1 aliphatic carbocycles. The van der Waals surface area contributed by atoms with Crippen molar-refractivity contribution in [2.45, 2.75) is 38.8 Å². The molecule has 0 heterocycles. The molecule has 1 fully saturated rings. The van der Waals surface area contributed by atoms with Gasteiger partial charge < -0.3 is 24.6 Å². The molecule has 0 aliphatic heterocycles. The molecule has 7 heteroatoms. The van der Waals surface area contributed by atoms with Gasteiger partial charge >= 0.3 is 5.97 Å². The minimum Gasteiger partial charge on any atom is -0.491 e. The molecule has 144 valence electrons. The smallest absolute Gasteiger partial charge is 0.330 e. The van der Waals surface area contributed by atoms with Crippen molar-refractivity contribution in [3.63, 3.8) is 0 Å². The Balaban J connectivity index is 2.08.